The smallest absolute Gasteiger partial charge is 0.0970 e. The van der Waals surface area contributed by atoms with Gasteiger partial charge in [-0.15, -0.1) is 0 Å². The van der Waals surface area contributed by atoms with Gasteiger partial charge in [0, 0.05) is 77.5 Å². The molecule has 0 saturated carbocycles. The van der Waals surface area contributed by atoms with Gasteiger partial charge in [0.2, 0.25) is 0 Å². The second-order valence-corrected chi connectivity index (χ2v) is 16.1. The number of aromatic nitrogens is 4. The molecule has 0 amide bonds. The molecule has 9 heteroatoms. The van der Waals surface area contributed by atoms with Crippen LogP contribution in [0.4, 0.5) is 0 Å². The molecule has 0 spiro atoms. The van der Waals surface area contributed by atoms with Crippen molar-refractivity contribution in [2.75, 3.05) is 13.1 Å². The molecule has 10 rings (SSSR count). The SMILES string of the molecule is Clc1ccc(-c2c3nc(c(-c4ccc(Cl)cc4)c4ccc([nH]4)c(-c4ccc(Cl)cc4)c4nc(c(-c5ccc(Cl)cc5)c5ccc2[nH]5)C=C4N2CCCC2)C=C3)cc1. The normalized spacial score (nSPS) is 13.7. The van der Waals surface area contributed by atoms with Gasteiger partial charge in [-0.25, -0.2) is 9.97 Å². The van der Waals surface area contributed by atoms with Gasteiger partial charge in [-0.1, -0.05) is 94.9 Å². The molecule has 3 aromatic heterocycles. The molecule has 57 heavy (non-hydrogen) atoms. The molecule has 6 heterocycles. The summed E-state index contributed by atoms with van der Waals surface area (Å²) in [6.45, 7) is 1.90. The molecule has 1 saturated heterocycles. The highest BCUT2D eigenvalue weighted by Gasteiger charge is 2.27. The second-order valence-electron chi connectivity index (χ2n) is 14.4. The lowest BCUT2D eigenvalue weighted by molar-refractivity contribution is 0.495. The molecule has 0 aliphatic carbocycles. The van der Waals surface area contributed by atoms with E-state index in [-0.39, 0.29) is 0 Å². The highest BCUT2D eigenvalue weighted by Crippen LogP contribution is 2.42. The molecule has 0 radical (unpaired) electrons. The molecule has 278 valence electrons. The van der Waals surface area contributed by atoms with Gasteiger partial charge in [-0.05, 0) is 126 Å². The van der Waals surface area contributed by atoms with Crippen molar-refractivity contribution in [3.8, 4) is 44.5 Å². The number of benzene rings is 4. The van der Waals surface area contributed by atoms with Gasteiger partial charge in [0.1, 0.15) is 0 Å². The zero-order valence-electron chi connectivity index (χ0n) is 30.5. The topological polar surface area (TPSA) is 60.6 Å². The molecule has 5 nitrogen and oxygen atoms in total. The number of halogens is 4. The van der Waals surface area contributed by atoms with Gasteiger partial charge >= 0.3 is 0 Å². The number of rotatable bonds is 5. The molecule has 7 aromatic rings. The lowest BCUT2D eigenvalue weighted by Gasteiger charge is -2.20. The van der Waals surface area contributed by atoms with Gasteiger partial charge in [-0.3, -0.25) is 0 Å². The molecular weight excluding hydrogens is 788 g/mol. The number of aromatic amines is 2. The third kappa shape index (κ3) is 6.75. The lowest BCUT2D eigenvalue weighted by atomic mass is 10.0. The van der Waals surface area contributed by atoms with Gasteiger partial charge in [0.15, 0.2) is 0 Å². The fraction of sp³-hybridized carbons (Fsp3) is 0.0833. The van der Waals surface area contributed by atoms with Crippen molar-refractivity contribution in [2.45, 2.75) is 12.8 Å². The molecule has 0 atom stereocenters. The largest absolute Gasteiger partial charge is 0.370 e. The zero-order valence-corrected chi connectivity index (χ0v) is 33.5. The van der Waals surface area contributed by atoms with Gasteiger partial charge < -0.3 is 14.9 Å². The maximum absolute atomic E-state index is 6.50. The van der Waals surface area contributed by atoms with Crippen molar-refractivity contribution in [1.29, 1.82) is 0 Å². The second kappa shape index (κ2) is 14.7. The van der Waals surface area contributed by atoms with E-state index in [1.54, 1.807) is 0 Å². The van der Waals surface area contributed by atoms with E-state index < -0.39 is 0 Å². The highest BCUT2D eigenvalue weighted by atomic mass is 35.5. The van der Waals surface area contributed by atoms with E-state index in [4.69, 9.17) is 56.4 Å². The Morgan fingerprint density at radius 1 is 0.404 bits per heavy atom. The first-order valence-electron chi connectivity index (χ1n) is 18.9. The molecule has 4 aromatic carbocycles. The minimum atomic E-state index is 0.664. The first-order valence-corrected chi connectivity index (χ1v) is 20.4. The van der Waals surface area contributed by atoms with Crippen LogP contribution in [0.2, 0.25) is 20.1 Å². The number of nitrogens with zero attached hydrogens (tertiary/aromatic N) is 3. The highest BCUT2D eigenvalue weighted by molar-refractivity contribution is 6.31. The fourth-order valence-electron chi connectivity index (χ4n) is 8.14. The van der Waals surface area contributed by atoms with Crippen LogP contribution in [0, 0.1) is 0 Å². The van der Waals surface area contributed by atoms with Gasteiger partial charge in [0.25, 0.3) is 0 Å². The monoisotopic (exact) mass is 819 g/mol. The number of H-pyrrole nitrogens is 2. The van der Waals surface area contributed by atoms with Crippen LogP contribution in [0.15, 0.2) is 121 Å². The summed E-state index contributed by atoms with van der Waals surface area (Å²) in [7, 11) is 0. The summed E-state index contributed by atoms with van der Waals surface area (Å²) in [5.41, 5.74) is 15.9. The Morgan fingerprint density at radius 3 is 1.16 bits per heavy atom. The minimum absolute atomic E-state index is 0.664. The first kappa shape index (κ1) is 35.8. The molecular formula is C48H33Cl4N5. The molecule has 2 N–H and O–H groups in total. The Labute approximate surface area is 349 Å². The van der Waals surface area contributed by atoms with E-state index in [9.17, 15) is 0 Å². The van der Waals surface area contributed by atoms with Crippen molar-refractivity contribution in [1.82, 2.24) is 24.8 Å². The van der Waals surface area contributed by atoms with Crippen LogP contribution in [0.3, 0.4) is 0 Å². The molecule has 3 aliphatic heterocycles. The number of hydrogen-bond donors (Lipinski definition) is 2. The van der Waals surface area contributed by atoms with Crippen LogP contribution < -0.4 is 0 Å². The van der Waals surface area contributed by atoms with E-state index in [1.165, 1.54) is 0 Å². The first-order chi connectivity index (χ1) is 27.9. The molecule has 3 aliphatic rings. The summed E-state index contributed by atoms with van der Waals surface area (Å²) in [5.74, 6) is 0. The summed E-state index contributed by atoms with van der Waals surface area (Å²) in [6.07, 6.45) is 8.66. The van der Waals surface area contributed by atoms with Crippen LogP contribution in [-0.2, 0) is 0 Å². The maximum Gasteiger partial charge on any atom is 0.0970 e. The molecule has 8 bridgehead atoms. The van der Waals surface area contributed by atoms with Crippen molar-refractivity contribution >= 4 is 92.4 Å². The van der Waals surface area contributed by atoms with Crippen LogP contribution in [0.5, 0.6) is 0 Å². The van der Waals surface area contributed by atoms with E-state index in [1.807, 2.05) is 72.8 Å². The maximum atomic E-state index is 6.50. The van der Waals surface area contributed by atoms with Crippen LogP contribution >= 0.6 is 46.4 Å². The fourth-order valence-corrected chi connectivity index (χ4v) is 8.65. The summed E-state index contributed by atoms with van der Waals surface area (Å²) in [4.78, 5) is 21.1. The summed E-state index contributed by atoms with van der Waals surface area (Å²) in [5, 5.41) is 2.66. The number of likely N-dealkylation sites (tertiary alicyclic amines) is 1. The summed E-state index contributed by atoms with van der Waals surface area (Å²) < 4.78 is 0. The van der Waals surface area contributed by atoms with Gasteiger partial charge in [-0.2, -0.15) is 0 Å². The van der Waals surface area contributed by atoms with E-state index in [0.717, 1.165) is 121 Å². The van der Waals surface area contributed by atoms with Crippen LogP contribution in [0.1, 0.15) is 35.6 Å². The number of fused-ring (bicyclic) bond motifs is 8. The third-order valence-corrected chi connectivity index (χ3v) is 11.8. The Kier molecular flexibility index (Phi) is 9.27. The average Bonchev–Trinajstić information content (AvgIpc) is 4.08. The zero-order chi connectivity index (χ0) is 38.6. The van der Waals surface area contributed by atoms with Crippen molar-refractivity contribution < 1.29 is 0 Å². The average molecular weight is 822 g/mol. The van der Waals surface area contributed by atoms with E-state index >= 15 is 0 Å². The predicted molar refractivity (Wildman–Crippen MR) is 240 cm³/mol. The Bertz CT molecular complexity index is 2920. The Balaban J connectivity index is 1.41. The van der Waals surface area contributed by atoms with Crippen LogP contribution in [-0.4, -0.2) is 37.9 Å². The Morgan fingerprint density at radius 2 is 0.754 bits per heavy atom. The lowest BCUT2D eigenvalue weighted by Crippen LogP contribution is -2.17. The number of hydrogen-bond acceptors (Lipinski definition) is 3. The standard InChI is InChI=1S/C48H33Cl4N5/c49-32-11-3-28(4-12-32)44-36-19-20-37(53-36)45(29-5-13-33(50)14-6-29)39-23-24-41(55-39)47(31-9-17-35(52)18-10-31)48-43(57-25-1-2-26-57)27-42(56-48)46(40-22-21-38(44)54-40)30-7-15-34(51)16-8-30/h3-24,27,54-55H,1-2,25-26H2. The predicted octanol–water partition coefficient (Wildman–Crippen LogP) is 14.4. The van der Waals surface area contributed by atoms with E-state index in [2.05, 4.69) is 81.6 Å². The third-order valence-electron chi connectivity index (χ3n) is 10.8. The summed E-state index contributed by atoms with van der Waals surface area (Å²) >= 11 is 25.8. The van der Waals surface area contributed by atoms with E-state index in [0.29, 0.717) is 20.1 Å². The van der Waals surface area contributed by atoms with Crippen molar-refractivity contribution in [3.63, 3.8) is 0 Å². The van der Waals surface area contributed by atoms with Crippen LogP contribution in [0.25, 0.3) is 90.5 Å². The van der Waals surface area contributed by atoms with Crippen molar-refractivity contribution in [3.05, 3.63) is 164 Å². The minimum Gasteiger partial charge on any atom is -0.370 e. The number of nitrogens with one attached hydrogen (secondary N) is 2. The quantitative estimate of drug-likeness (QED) is 0.182. The van der Waals surface area contributed by atoms with Gasteiger partial charge in [0.05, 0.1) is 28.5 Å². The van der Waals surface area contributed by atoms with Crippen molar-refractivity contribution in [2.24, 2.45) is 0 Å². The Hall–Kier alpha value is -5.56. The molecule has 0 unspecified atom stereocenters. The summed E-state index contributed by atoms with van der Waals surface area (Å²) in [6, 6.07) is 40.4. The molecule has 1 fully saturated rings.